The van der Waals surface area contributed by atoms with E-state index >= 15 is 0 Å². The van der Waals surface area contributed by atoms with E-state index in [1.807, 2.05) is 13.8 Å². The zero-order valence-corrected chi connectivity index (χ0v) is 6.78. The van der Waals surface area contributed by atoms with Gasteiger partial charge in [-0.3, -0.25) is 0 Å². The lowest BCUT2D eigenvalue weighted by Gasteiger charge is -2.02. The summed E-state index contributed by atoms with van der Waals surface area (Å²) in [6.07, 6.45) is 8.41. The van der Waals surface area contributed by atoms with Gasteiger partial charge >= 0.3 is 0 Å². The van der Waals surface area contributed by atoms with Gasteiger partial charge in [0.1, 0.15) is 0 Å². The highest BCUT2D eigenvalue weighted by Crippen LogP contribution is 2.18. The number of terminal acetylenes is 1. The van der Waals surface area contributed by atoms with Crippen LogP contribution >= 0.6 is 0 Å². The second-order valence-electron chi connectivity index (χ2n) is 2.58. The maximum atomic E-state index is 5.37. The molecule has 2 unspecified atom stereocenters. The lowest BCUT2D eigenvalue weighted by molar-refractivity contribution is -0.0243. The lowest BCUT2D eigenvalue weighted by atomic mass is 10.3. The first kappa shape index (κ1) is 8.32. The standard InChI is InChI=1S/C9H12O2/c1-4-5-6-9-10-7(2)8(3)11-9/h1,5-9H,2-3H3/b6-5+. The molecule has 1 saturated heterocycles. The van der Waals surface area contributed by atoms with Crippen LogP contribution in [0.3, 0.4) is 0 Å². The second-order valence-corrected chi connectivity index (χ2v) is 2.58. The van der Waals surface area contributed by atoms with Crippen molar-refractivity contribution in [1.82, 2.24) is 0 Å². The largest absolute Gasteiger partial charge is 0.343 e. The highest BCUT2D eigenvalue weighted by atomic mass is 16.7. The first-order valence-corrected chi connectivity index (χ1v) is 3.67. The van der Waals surface area contributed by atoms with E-state index in [4.69, 9.17) is 15.9 Å². The summed E-state index contributed by atoms with van der Waals surface area (Å²) in [5.74, 6) is 2.38. The van der Waals surface area contributed by atoms with Crippen LogP contribution in [0.15, 0.2) is 12.2 Å². The van der Waals surface area contributed by atoms with Crippen LogP contribution in [0.25, 0.3) is 0 Å². The summed E-state index contributed by atoms with van der Waals surface area (Å²) in [4.78, 5) is 0. The lowest BCUT2D eigenvalue weighted by Crippen LogP contribution is -2.13. The van der Waals surface area contributed by atoms with Gasteiger partial charge in [-0.25, -0.2) is 0 Å². The molecule has 1 fully saturated rings. The monoisotopic (exact) mass is 152 g/mol. The highest BCUT2D eigenvalue weighted by molar-refractivity contribution is 5.10. The van der Waals surface area contributed by atoms with E-state index in [0.29, 0.717) is 0 Å². The van der Waals surface area contributed by atoms with Gasteiger partial charge in [-0.15, -0.1) is 6.42 Å². The van der Waals surface area contributed by atoms with Gasteiger partial charge in [0.15, 0.2) is 6.29 Å². The maximum absolute atomic E-state index is 5.37. The van der Waals surface area contributed by atoms with Gasteiger partial charge in [-0.05, 0) is 26.0 Å². The molecule has 0 saturated carbocycles. The fraction of sp³-hybridized carbons (Fsp3) is 0.556. The molecule has 11 heavy (non-hydrogen) atoms. The van der Waals surface area contributed by atoms with Crippen LogP contribution in [0.2, 0.25) is 0 Å². The molecular formula is C9H12O2. The smallest absolute Gasteiger partial charge is 0.178 e. The molecule has 0 bridgehead atoms. The van der Waals surface area contributed by atoms with E-state index in [-0.39, 0.29) is 18.5 Å². The van der Waals surface area contributed by atoms with Gasteiger partial charge < -0.3 is 9.47 Å². The molecule has 2 nitrogen and oxygen atoms in total. The van der Waals surface area contributed by atoms with Crippen LogP contribution in [0.4, 0.5) is 0 Å². The Bertz CT molecular complexity index is 180. The molecule has 2 heteroatoms. The van der Waals surface area contributed by atoms with Gasteiger partial charge in [-0.2, -0.15) is 0 Å². The molecule has 0 aromatic carbocycles. The molecule has 1 aliphatic heterocycles. The summed E-state index contributed by atoms with van der Waals surface area (Å²) >= 11 is 0. The molecule has 2 atom stereocenters. The van der Waals surface area contributed by atoms with E-state index < -0.39 is 0 Å². The topological polar surface area (TPSA) is 18.5 Å². The minimum atomic E-state index is -0.254. The van der Waals surface area contributed by atoms with E-state index in [0.717, 1.165) is 0 Å². The van der Waals surface area contributed by atoms with Crippen LogP contribution in [0.1, 0.15) is 13.8 Å². The molecule has 1 aliphatic rings. The first-order chi connectivity index (χ1) is 5.24. The van der Waals surface area contributed by atoms with Crippen LogP contribution < -0.4 is 0 Å². The number of allylic oxidation sites excluding steroid dienone is 1. The van der Waals surface area contributed by atoms with Crippen molar-refractivity contribution in [2.75, 3.05) is 0 Å². The zero-order chi connectivity index (χ0) is 8.27. The van der Waals surface area contributed by atoms with Crippen LogP contribution in [-0.4, -0.2) is 18.5 Å². The Morgan fingerprint density at radius 3 is 2.27 bits per heavy atom. The minimum Gasteiger partial charge on any atom is -0.343 e. The third-order valence-electron chi connectivity index (χ3n) is 1.71. The van der Waals surface area contributed by atoms with Crippen molar-refractivity contribution in [2.24, 2.45) is 0 Å². The SMILES string of the molecule is C#C/C=C/C1OC(C)C(C)O1. The zero-order valence-electron chi connectivity index (χ0n) is 6.78. The number of hydrogen-bond acceptors (Lipinski definition) is 2. The van der Waals surface area contributed by atoms with Gasteiger partial charge in [-0.1, -0.05) is 5.92 Å². The fourth-order valence-corrected chi connectivity index (χ4v) is 0.901. The molecule has 1 rings (SSSR count). The summed E-state index contributed by atoms with van der Waals surface area (Å²) in [5, 5.41) is 0. The summed E-state index contributed by atoms with van der Waals surface area (Å²) in [6, 6.07) is 0. The fourth-order valence-electron chi connectivity index (χ4n) is 0.901. The number of ether oxygens (including phenoxy) is 2. The molecule has 0 aromatic rings. The Morgan fingerprint density at radius 1 is 1.27 bits per heavy atom. The summed E-state index contributed by atoms with van der Waals surface area (Å²) in [6.45, 7) is 3.96. The molecular weight excluding hydrogens is 140 g/mol. The molecule has 1 heterocycles. The molecule has 0 aromatic heterocycles. The number of rotatable bonds is 1. The Hall–Kier alpha value is -0.780. The van der Waals surface area contributed by atoms with Gasteiger partial charge in [0.2, 0.25) is 0 Å². The van der Waals surface area contributed by atoms with E-state index in [1.54, 1.807) is 12.2 Å². The van der Waals surface area contributed by atoms with E-state index in [9.17, 15) is 0 Å². The van der Waals surface area contributed by atoms with Crippen LogP contribution in [0.5, 0.6) is 0 Å². The Morgan fingerprint density at radius 2 is 1.82 bits per heavy atom. The van der Waals surface area contributed by atoms with Crippen molar-refractivity contribution in [1.29, 1.82) is 0 Å². The average molecular weight is 152 g/mol. The first-order valence-electron chi connectivity index (χ1n) is 3.67. The van der Waals surface area contributed by atoms with Gasteiger partial charge in [0.25, 0.3) is 0 Å². The summed E-state index contributed by atoms with van der Waals surface area (Å²) in [7, 11) is 0. The van der Waals surface area contributed by atoms with Crippen molar-refractivity contribution >= 4 is 0 Å². The normalized spacial score (nSPS) is 37.7. The Balaban J connectivity index is 2.42. The maximum Gasteiger partial charge on any atom is 0.178 e. The molecule has 0 spiro atoms. The van der Waals surface area contributed by atoms with Crippen molar-refractivity contribution in [3.8, 4) is 12.3 Å². The van der Waals surface area contributed by atoms with Crippen molar-refractivity contribution in [3.63, 3.8) is 0 Å². The molecule has 0 amide bonds. The third-order valence-corrected chi connectivity index (χ3v) is 1.71. The summed E-state index contributed by atoms with van der Waals surface area (Å²) < 4.78 is 10.7. The van der Waals surface area contributed by atoms with Crippen LogP contribution in [-0.2, 0) is 9.47 Å². The predicted molar refractivity (Wildman–Crippen MR) is 42.9 cm³/mol. The van der Waals surface area contributed by atoms with Crippen LogP contribution in [0, 0.1) is 12.3 Å². The molecule has 0 aliphatic carbocycles. The Labute approximate surface area is 67.2 Å². The molecule has 0 N–H and O–H groups in total. The van der Waals surface area contributed by atoms with E-state index in [1.165, 1.54) is 0 Å². The van der Waals surface area contributed by atoms with Gasteiger partial charge in [0, 0.05) is 0 Å². The third kappa shape index (κ3) is 2.07. The molecule has 0 radical (unpaired) electrons. The van der Waals surface area contributed by atoms with E-state index in [2.05, 4.69) is 5.92 Å². The van der Waals surface area contributed by atoms with Crippen molar-refractivity contribution < 1.29 is 9.47 Å². The minimum absolute atomic E-state index is 0.155. The highest BCUT2D eigenvalue weighted by Gasteiger charge is 2.27. The van der Waals surface area contributed by atoms with Crippen molar-refractivity contribution in [2.45, 2.75) is 32.3 Å². The van der Waals surface area contributed by atoms with Crippen molar-refractivity contribution in [3.05, 3.63) is 12.2 Å². The second kappa shape index (κ2) is 3.56. The molecule has 60 valence electrons. The van der Waals surface area contributed by atoms with Gasteiger partial charge in [0.05, 0.1) is 12.2 Å². The predicted octanol–water partition coefficient (Wildman–Crippen LogP) is 1.33. The number of hydrogen-bond donors (Lipinski definition) is 0. The quantitative estimate of drug-likeness (QED) is 0.528. The Kier molecular flexibility index (Phi) is 2.70. The summed E-state index contributed by atoms with van der Waals surface area (Å²) in [5.41, 5.74) is 0. The average Bonchev–Trinajstić information content (AvgIpc) is 2.28.